The van der Waals surface area contributed by atoms with Gasteiger partial charge in [0.2, 0.25) is 23.6 Å². The molecule has 0 radical (unpaired) electrons. The average Bonchev–Trinajstić information content (AvgIpc) is 3.25. The van der Waals surface area contributed by atoms with Crippen LogP contribution in [0.2, 0.25) is 0 Å². The van der Waals surface area contributed by atoms with Gasteiger partial charge in [0.1, 0.15) is 18.1 Å². The van der Waals surface area contributed by atoms with Crippen molar-refractivity contribution in [3.8, 4) is 0 Å². The fraction of sp³-hybridized carbons (Fsp3) is 0.579. The summed E-state index contributed by atoms with van der Waals surface area (Å²) >= 11 is 3.94. The first-order valence-corrected chi connectivity index (χ1v) is 10.8. The number of carbonyl (C=O) groups excluding carboxylic acids is 4. The first kappa shape index (κ1) is 27.9. The molecule has 13 nitrogen and oxygen atoms in total. The Morgan fingerprint density at radius 3 is 2.18 bits per heavy atom. The van der Waals surface area contributed by atoms with Gasteiger partial charge in [-0.3, -0.25) is 19.2 Å². The number of thiol groups is 1. The van der Waals surface area contributed by atoms with Gasteiger partial charge < -0.3 is 37.5 Å². The number of carboxylic acids is 1. The lowest BCUT2D eigenvalue weighted by molar-refractivity contribution is -0.143. The van der Waals surface area contributed by atoms with Crippen LogP contribution in [0.5, 0.6) is 0 Å². The number of rotatable bonds is 14. The maximum absolute atomic E-state index is 12.9. The zero-order chi connectivity index (χ0) is 25.1. The molecule has 9 N–H and O–H groups in total. The van der Waals surface area contributed by atoms with Gasteiger partial charge in [-0.15, -0.1) is 0 Å². The number of nitrogens with two attached hydrogens (primary N) is 2. The summed E-state index contributed by atoms with van der Waals surface area (Å²) < 4.78 is 0. The molecular formula is C19H31N7O6S. The molecule has 14 heteroatoms. The monoisotopic (exact) mass is 485 g/mol. The molecule has 0 aliphatic rings. The van der Waals surface area contributed by atoms with E-state index in [-0.39, 0.29) is 25.0 Å². The van der Waals surface area contributed by atoms with Crippen molar-refractivity contribution in [2.45, 2.75) is 57.3 Å². The molecule has 0 saturated carbocycles. The van der Waals surface area contributed by atoms with Crippen LogP contribution in [0.3, 0.4) is 0 Å². The number of carbonyl (C=O) groups is 5. The molecule has 1 aromatic rings. The summed E-state index contributed by atoms with van der Waals surface area (Å²) in [5, 5.41) is 16.7. The second-order valence-electron chi connectivity index (χ2n) is 7.77. The zero-order valence-corrected chi connectivity index (χ0v) is 19.3. The number of primary amides is 1. The van der Waals surface area contributed by atoms with Crippen LogP contribution >= 0.6 is 12.6 Å². The Labute approximate surface area is 196 Å². The predicted molar refractivity (Wildman–Crippen MR) is 121 cm³/mol. The molecule has 4 atom stereocenters. The second kappa shape index (κ2) is 13.4. The van der Waals surface area contributed by atoms with Gasteiger partial charge in [-0.25, -0.2) is 9.78 Å². The number of nitrogens with zero attached hydrogens (tertiary/aromatic N) is 1. The smallest absolute Gasteiger partial charge is 0.326 e. The molecule has 0 bridgehead atoms. The van der Waals surface area contributed by atoms with E-state index in [1.165, 1.54) is 12.5 Å². The van der Waals surface area contributed by atoms with Crippen LogP contribution in [0.4, 0.5) is 0 Å². The third-order valence-corrected chi connectivity index (χ3v) is 5.08. The molecule has 1 heterocycles. The van der Waals surface area contributed by atoms with E-state index in [0.717, 1.165) is 0 Å². The Balaban J connectivity index is 3.07. The summed E-state index contributed by atoms with van der Waals surface area (Å²) in [7, 11) is 0. The van der Waals surface area contributed by atoms with E-state index in [2.05, 4.69) is 38.5 Å². The molecule has 4 unspecified atom stereocenters. The van der Waals surface area contributed by atoms with Crippen LogP contribution in [0.25, 0.3) is 0 Å². The Morgan fingerprint density at radius 1 is 1.09 bits per heavy atom. The maximum atomic E-state index is 12.9. The summed E-state index contributed by atoms with van der Waals surface area (Å²) in [6.45, 7) is 3.25. The zero-order valence-electron chi connectivity index (χ0n) is 18.4. The predicted octanol–water partition coefficient (Wildman–Crippen LogP) is -2.33. The molecule has 4 amide bonds. The molecule has 184 valence electrons. The van der Waals surface area contributed by atoms with E-state index in [0.29, 0.717) is 5.69 Å². The number of aromatic amines is 1. The highest BCUT2D eigenvalue weighted by molar-refractivity contribution is 7.80. The minimum Gasteiger partial charge on any atom is -0.480 e. The van der Waals surface area contributed by atoms with Crippen molar-refractivity contribution in [3.05, 3.63) is 18.2 Å². The summed E-state index contributed by atoms with van der Waals surface area (Å²) in [5.41, 5.74) is 11.3. The number of H-pyrrole nitrogens is 1. The number of amides is 4. The van der Waals surface area contributed by atoms with Crippen molar-refractivity contribution in [2.75, 3.05) is 5.75 Å². The molecule has 0 spiro atoms. The molecule has 0 saturated heterocycles. The number of aliphatic carboxylic acids is 1. The lowest BCUT2D eigenvalue weighted by Gasteiger charge is -2.25. The van der Waals surface area contributed by atoms with E-state index < -0.39 is 59.7 Å². The topological polar surface area (TPSA) is 222 Å². The van der Waals surface area contributed by atoms with Crippen molar-refractivity contribution in [1.29, 1.82) is 0 Å². The molecule has 0 aliphatic heterocycles. The van der Waals surface area contributed by atoms with Gasteiger partial charge in [0.15, 0.2) is 0 Å². The summed E-state index contributed by atoms with van der Waals surface area (Å²) in [6, 6.07) is -4.60. The van der Waals surface area contributed by atoms with Gasteiger partial charge in [-0.05, 0) is 12.3 Å². The summed E-state index contributed by atoms with van der Waals surface area (Å²) in [4.78, 5) is 67.3. The van der Waals surface area contributed by atoms with Crippen LogP contribution in [0.15, 0.2) is 12.5 Å². The lowest BCUT2D eigenvalue weighted by Crippen LogP contribution is -2.58. The largest absolute Gasteiger partial charge is 0.480 e. The van der Waals surface area contributed by atoms with Crippen LogP contribution in [-0.2, 0) is 30.4 Å². The fourth-order valence-corrected chi connectivity index (χ4v) is 2.95. The van der Waals surface area contributed by atoms with E-state index >= 15 is 0 Å². The van der Waals surface area contributed by atoms with Crippen molar-refractivity contribution in [3.63, 3.8) is 0 Å². The molecule has 0 fully saturated rings. The molecule has 1 rings (SSSR count). The molecule has 1 aromatic heterocycles. The van der Waals surface area contributed by atoms with E-state index in [9.17, 15) is 29.1 Å². The van der Waals surface area contributed by atoms with Gasteiger partial charge in [-0.2, -0.15) is 12.6 Å². The molecular weight excluding hydrogens is 454 g/mol. The van der Waals surface area contributed by atoms with E-state index in [1.807, 2.05) is 0 Å². The van der Waals surface area contributed by atoms with Gasteiger partial charge in [0.25, 0.3) is 0 Å². The SMILES string of the molecule is CC(C)C(NC(=O)C(Cc1cnc[nH]1)NC(=O)C(CCC(N)=O)NC(=O)C(N)CS)C(=O)O. The minimum absolute atomic E-state index is 0.0205. The molecule has 0 aliphatic carbocycles. The van der Waals surface area contributed by atoms with Crippen LogP contribution in [-0.4, -0.2) is 74.6 Å². The summed E-state index contributed by atoms with van der Waals surface area (Å²) in [5.74, 6) is -4.49. The average molecular weight is 486 g/mol. The first-order chi connectivity index (χ1) is 15.5. The number of hydrogen-bond donors (Lipinski definition) is 8. The van der Waals surface area contributed by atoms with Crippen LogP contribution in [0, 0.1) is 5.92 Å². The number of nitrogens with one attached hydrogen (secondary N) is 4. The highest BCUT2D eigenvalue weighted by Crippen LogP contribution is 2.06. The third kappa shape index (κ3) is 9.49. The van der Waals surface area contributed by atoms with Gasteiger partial charge in [0, 0.05) is 30.5 Å². The Kier molecular flexibility index (Phi) is 11.4. The maximum Gasteiger partial charge on any atom is 0.326 e. The first-order valence-electron chi connectivity index (χ1n) is 10.2. The minimum atomic E-state index is -1.22. The van der Waals surface area contributed by atoms with Crippen LogP contribution in [0.1, 0.15) is 32.4 Å². The summed E-state index contributed by atoms with van der Waals surface area (Å²) in [6.07, 6.45) is 2.46. The van der Waals surface area contributed by atoms with Gasteiger partial charge in [0.05, 0.1) is 12.4 Å². The van der Waals surface area contributed by atoms with Gasteiger partial charge in [-0.1, -0.05) is 13.8 Å². The molecule has 33 heavy (non-hydrogen) atoms. The van der Waals surface area contributed by atoms with E-state index in [4.69, 9.17) is 11.5 Å². The van der Waals surface area contributed by atoms with Crippen LogP contribution < -0.4 is 27.4 Å². The molecule has 0 aromatic carbocycles. The number of carboxylic acid groups (broad SMARTS) is 1. The number of imidazole rings is 1. The number of hydrogen-bond acceptors (Lipinski definition) is 8. The fourth-order valence-electron chi connectivity index (χ4n) is 2.78. The normalized spacial score (nSPS) is 14.6. The highest BCUT2D eigenvalue weighted by Gasteiger charge is 2.31. The van der Waals surface area contributed by atoms with Crippen molar-refractivity contribution in [1.82, 2.24) is 25.9 Å². The van der Waals surface area contributed by atoms with Crippen molar-refractivity contribution < 1.29 is 29.1 Å². The third-order valence-electron chi connectivity index (χ3n) is 4.69. The Morgan fingerprint density at radius 2 is 1.70 bits per heavy atom. The van der Waals surface area contributed by atoms with Gasteiger partial charge >= 0.3 is 5.97 Å². The van der Waals surface area contributed by atoms with Crippen molar-refractivity contribution >= 4 is 42.2 Å². The second-order valence-corrected chi connectivity index (χ2v) is 8.13. The van der Waals surface area contributed by atoms with E-state index in [1.54, 1.807) is 13.8 Å². The Hall–Kier alpha value is -3.13. The highest BCUT2D eigenvalue weighted by atomic mass is 32.1. The quantitative estimate of drug-likeness (QED) is 0.133. The number of aromatic nitrogens is 2. The lowest BCUT2D eigenvalue weighted by atomic mass is 10.0. The standard InChI is InChI=1S/C19H31N7O6S/c1-9(2)15(19(31)32)26-18(30)13(5-10-6-22-8-23-10)25-17(29)12(3-4-14(21)27)24-16(28)11(20)7-33/h6,8-9,11-13,15,33H,3-5,7,20H2,1-2H3,(H2,21,27)(H,22,23)(H,24,28)(H,25,29)(H,26,30)(H,31,32). The Bertz CT molecular complexity index is 833. The van der Waals surface area contributed by atoms with Crippen molar-refractivity contribution in [2.24, 2.45) is 17.4 Å².